The first-order valence-electron chi connectivity index (χ1n) is 6.76. The summed E-state index contributed by atoms with van der Waals surface area (Å²) in [6.45, 7) is 0. The van der Waals surface area contributed by atoms with Crippen LogP contribution in [0.25, 0.3) is 28.0 Å². The number of benzene rings is 3. The van der Waals surface area contributed by atoms with E-state index in [4.69, 9.17) is 16.3 Å². The Labute approximate surface area is 129 Å². The first-order chi connectivity index (χ1) is 10.3. The van der Waals surface area contributed by atoms with Gasteiger partial charge in [0.05, 0.1) is 13.4 Å². The summed E-state index contributed by atoms with van der Waals surface area (Å²) in [5, 5.41) is 3.18. The number of ether oxygens (including phenoxy) is 1. The highest BCUT2D eigenvalue weighted by atomic mass is 35.5. The minimum atomic E-state index is 0.729. The third kappa shape index (κ3) is 2.93. The Balaban J connectivity index is 2.16. The van der Waals surface area contributed by atoms with E-state index in [1.54, 1.807) is 13.4 Å². The highest BCUT2D eigenvalue weighted by molar-refractivity contribution is 6.31. The molecule has 104 valence electrons. The Hall–Kier alpha value is -2.25. The first kappa shape index (κ1) is 13.7. The van der Waals surface area contributed by atoms with Gasteiger partial charge in [-0.1, -0.05) is 54.1 Å². The molecule has 0 aromatic heterocycles. The van der Waals surface area contributed by atoms with Crippen molar-refractivity contribution in [2.24, 2.45) is 0 Å². The van der Waals surface area contributed by atoms with E-state index >= 15 is 0 Å². The van der Waals surface area contributed by atoms with E-state index in [0.717, 1.165) is 21.7 Å². The third-order valence-electron chi connectivity index (χ3n) is 3.46. The minimum absolute atomic E-state index is 0.729. The van der Waals surface area contributed by atoms with Crippen LogP contribution in [-0.4, -0.2) is 7.11 Å². The molecule has 0 N–H and O–H groups in total. The molecular weight excluding hydrogens is 280 g/mol. The number of halogens is 1. The molecule has 21 heavy (non-hydrogen) atoms. The molecule has 0 aliphatic carbocycles. The predicted octanol–water partition coefficient (Wildman–Crippen LogP) is 5.78. The maximum Gasteiger partial charge on any atom is 0.0830 e. The van der Waals surface area contributed by atoms with Crippen LogP contribution in [0.2, 0.25) is 5.02 Å². The molecule has 0 radical (unpaired) electrons. The summed E-state index contributed by atoms with van der Waals surface area (Å²) in [7, 11) is 1.64. The Kier molecular flexibility index (Phi) is 3.94. The zero-order valence-corrected chi connectivity index (χ0v) is 12.5. The summed E-state index contributed by atoms with van der Waals surface area (Å²) in [6, 6.07) is 20.7. The van der Waals surface area contributed by atoms with E-state index < -0.39 is 0 Å². The van der Waals surface area contributed by atoms with Gasteiger partial charge in [-0.2, -0.15) is 0 Å². The Morgan fingerprint density at radius 2 is 1.71 bits per heavy atom. The van der Waals surface area contributed by atoms with Crippen molar-refractivity contribution in [3.8, 4) is 11.1 Å². The molecule has 3 aromatic carbocycles. The second-order valence-electron chi connectivity index (χ2n) is 4.83. The van der Waals surface area contributed by atoms with Gasteiger partial charge in [0.2, 0.25) is 0 Å². The van der Waals surface area contributed by atoms with Crippen molar-refractivity contribution >= 4 is 28.4 Å². The smallest absolute Gasteiger partial charge is 0.0830 e. The first-order valence-corrected chi connectivity index (χ1v) is 7.14. The van der Waals surface area contributed by atoms with Gasteiger partial charge < -0.3 is 4.74 Å². The van der Waals surface area contributed by atoms with Crippen molar-refractivity contribution in [1.29, 1.82) is 0 Å². The standard InChI is InChI=1S/C19H15ClO/c1-21-11-10-15-8-9-18(20)13-19(15)17-7-6-14-4-2-3-5-16(14)12-17/h2-13H,1H3. The molecule has 0 saturated carbocycles. The van der Waals surface area contributed by atoms with Crippen molar-refractivity contribution in [3.63, 3.8) is 0 Å². The van der Waals surface area contributed by atoms with Crippen LogP contribution >= 0.6 is 11.6 Å². The fourth-order valence-electron chi connectivity index (χ4n) is 2.42. The van der Waals surface area contributed by atoms with Gasteiger partial charge in [-0.05, 0) is 51.7 Å². The average molecular weight is 295 g/mol. The quantitative estimate of drug-likeness (QED) is 0.557. The number of hydrogen-bond acceptors (Lipinski definition) is 1. The molecule has 3 aromatic rings. The minimum Gasteiger partial charge on any atom is -0.504 e. The zero-order valence-electron chi connectivity index (χ0n) is 11.7. The molecule has 0 fully saturated rings. The number of methoxy groups -OCH3 is 1. The molecule has 0 unspecified atom stereocenters. The molecule has 2 heteroatoms. The number of fused-ring (bicyclic) bond motifs is 1. The Bertz CT molecular complexity index is 806. The van der Waals surface area contributed by atoms with Crippen molar-refractivity contribution in [3.05, 3.63) is 77.5 Å². The normalized spacial score (nSPS) is 11.1. The molecule has 0 saturated heterocycles. The van der Waals surface area contributed by atoms with E-state index in [9.17, 15) is 0 Å². The molecule has 3 rings (SSSR count). The highest BCUT2D eigenvalue weighted by Gasteiger charge is 2.05. The summed E-state index contributed by atoms with van der Waals surface area (Å²) in [5.41, 5.74) is 3.32. The van der Waals surface area contributed by atoms with Crippen LogP contribution < -0.4 is 0 Å². The van der Waals surface area contributed by atoms with Gasteiger partial charge in [0.15, 0.2) is 0 Å². The van der Waals surface area contributed by atoms with E-state index in [1.165, 1.54) is 10.8 Å². The fraction of sp³-hybridized carbons (Fsp3) is 0.0526. The zero-order chi connectivity index (χ0) is 14.7. The van der Waals surface area contributed by atoms with Crippen LogP contribution in [0, 0.1) is 0 Å². The van der Waals surface area contributed by atoms with Gasteiger partial charge in [0.1, 0.15) is 0 Å². The van der Waals surface area contributed by atoms with Crippen molar-refractivity contribution in [1.82, 2.24) is 0 Å². The Morgan fingerprint density at radius 1 is 0.905 bits per heavy atom. The maximum atomic E-state index is 6.16. The predicted molar refractivity (Wildman–Crippen MR) is 90.4 cm³/mol. The lowest BCUT2D eigenvalue weighted by atomic mass is 9.97. The fourth-order valence-corrected chi connectivity index (χ4v) is 2.59. The topological polar surface area (TPSA) is 9.23 Å². The van der Waals surface area contributed by atoms with E-state index in [2.05, 4.69) is 36.4 Å². The highest BCUT2D eigenvalue weighted by Crippen LogP contribution is 2.30. The number of hydrogen-bond donors (Lipinski definition) is 0. The number of rotatable bonds is 3. The molecule has 0 heterocycles. The van der Waals surface area contributed by atoms with E-state index in [1.807, 2.05) is 30.3 Å². The lowest BCUT2D eigenvalue weighted by Crippen LogP contribution is -1.85. The van der Waals surface area contributed by atoms with Gasteiger partial charge in [0.25, 0.3) is 0 Å². The van der Waals surface area contributed by atoms with Crippen LogP contribution in [0.3, 0.4) is 0 Å². The second-order valence-corrected chi connectivity index (χ2v) is 5.27. The largest absolute Gasteiger partial charge is 0.504 e. The van der Waals surface area contributed by atoms with Crippen LogP contribution in [0.15, 0.2) is 66.9 Å². The third-order valence-corrected chi connectivity index (χ3v) is 3.69. The summed E-state index contributed by atoms with van der Waals surface area (Å²) in [5.74, 6) is 0. The summed E-state index contributed by atoms with van der Waals surface area (Å²) in [6.07, 6.45) is 3.62. The summed E-state index contributed by atoms with van der Waals surface area (Å²) < 4.78 is 5.02. The van der Waals surface area contributed by atoms with Gasteiger partial charge in [-0.15, -0.1) is 0 Å². The van der Waals surface area contributed by atoms with Crippen molar-refractivity contribution < 1.29 is 4.74 Å². The summed E-state index contributed by atoms with van der Waals surface area (Å²) in [4.78, 5) is 0. The van der Waals surface area contributed by atoms with Crippen molar-refractivity contribution in [2.45, 2.75) is 0 Å². The molecule has 0 atom stereocenters. The van der Waals surface area contributed by atoms with Gasteiger partial charge in [0, 0.05) is 5.02 Å². The average Bonchev–Trinajstić information content (AvgIpc) is 2.53. The van der Waals surface area contributed by atoms with Crippen LogP contribution in [0.5, 0.6) is 0 Å². The summed E-state index contributed by atoms with van der Waals surface area (Å²) >= 11 is 6.16. The van der Waals surface area contributed by atoms with Crippen LogP contribution in [0.4, 0.5) is 0 Å². The molecule has 1 nitrogen and oxygen atoms in total. The van der Waals surface area contributed by atoms with Crippen molar-refractivity contribution in [2.75, 3.05) is 7.11 Å². The van der Waals surface area contributed by atoms with E-state index in [0.29, 0.717) is 0 Å². The molecule has 0 amide bonds. The SMILES string of the molecule is COC=Cc1ccc(Cl)cc1-c1ccc2ccccc2c1. The van der Waals surface area contributed by atoms with Crippen LogP contribution in [0.1, 0.15) is 5.56 Å². The van der Waals surface area contributed by atoms with E-state index in [-0.39, 0.29) is 0 Å². The van der Waals surface area contributed by atoms with Crippen LogP contribution in [-0.2, 0) is 4.74 Å². The lowest BCUT2D eigenvalue weighted by Gasteiger charge is -2.09. The van der Waals surface area contributed by atoms with Gasteiger partial charge >= 0.3 is 0 Å². The lowest BCUT2D eigenvalue weighted by molar-refractivity contribution is 0.341. The Morgan fingerprint density at radius 3 is 2.52 bits per heavy atom. The molecule has 0 spiro atoms. The molecule has 0 aliphatic rings. The molecule has 0 aliphatic heterocycles. The molecule has 0 bridgehead atoms. The van der Waals surface area contributed by atoms with Gasteiger partial charge in [-0.25, -0.2) is 0 Å². The second kappa shape index (κ2) is 6.02. The molecular formula is C19H15ClO. The maximum absolute atomic E-state index is 6.16. The monoisotopic (exact) mass is 294 g/mol. The van der Waals surface area contributed by atoms with Gasteiger partial charge in [-0.3, -0.25) is 0 Å².